The van der Waals surface area contributed by atoms with Gasteiger partial charge in [0.1, 0.15) is 0 Å². The summed E-state index contributed by atoms with van der Waals surface area (Å²) in [5, 5.41) is 3.29. The van der Waals surface area contributed by atoms with E-state index < -0.39 is 10.0 Å². The average Bonchev–Trinajstić information content (AvgIpc) is 3.13. The molecule has 0 fully saturated rings. The fourth-order valence-corrected chi connectivity index (χ4v) is 5.06. The van der Waals surface area contributed by atoms with Crippen LogP contribution in [0.25, 0.3) is 10.2 Å². The highest BCUT2D eigenvalue weighted by Gasteiger charge is 2.17. The van der Waals surface area contributed by atoms with Crippen LogP contribution in [0, 0.1) is 13.8 Å². The maximum Gasteiger partial charge on any atom is 0.261 e. The number of nitrogens with one attached hydrogen (secondary N) is 2. The van der Waals surface area contributed by atoms with E-state index in [1.54, 1.807) is 12.1 Å². The Balaban J connectivity index is 1.51. The predicted octanol–water partition coefficient (Wildman–Crippen LogP) is 4.97. The van der Waals surface area contributed by atoms with Gasteiger partial charge < -0.3 is 0 Å². The third kappa shape index (κ3) is 4.05. The second kappa shape index (κ2) is 7.89. The lowest BCUT2D eigenvalue weighted by atomic mass is 10.2. The van der Waals surface area contributed by atoms with Crippen LogP contribution in [0.15, 0.2) is 71.6 Å². The summed E-state index contributed by atoms with van der Waals surface area (Å²) in [6, 6.07) is 18.8. The number of sulfonamides is 1. The summed E-state index contributed by atoms with van der Waals surface area (Å²) in [5.74, 6) is -0.345. The molecule has 6 nitrogen and oxygen atoms in total. The summed E-state index contributed by atoms with van der Waals surface area (Å²) in [7, 11) is -3.75. The van der Waals surface area contributed by atoms with Crippen LogP contribution in [0.5, 0.6) is 0 Å². The van der Waals surface area contributed by atoms with E-state index in [0.29, 0.717) is 16.4 Å². The molecule has 8 heteroatoms. The Bertz CT molecular complexity index is 1340. The number of thiazole rings is 1. The SMILES string of the molecule is Cc1ccccc1NS(=O)(=O)c1ccc(C(=O)Nc2nc3c(C)cccc3s2)cc1. The third-order valence-corrected chi connectivity index (χ3v) is 6.97. The molecule has 0 bridgehead atoms. The van der Waals surface area contributed by atoms with E-state index in [9.17, 15) is 13.2 Å². The van der Waals surface area contributed by atoms with E-state index >= 15 is 0 Å². The van der Waals surface area contributed by atoms with E-state index in [1.807, 2.05) is 44.2 Å². The van der Waals surface area contributed by atoms with Crippen LogP contribution < -0.4 is 10.0 Å². The van der Waals surface area contributed by atoms with Crippen LogP contribution in [0.2, 0.25) is 0 Å². The summed E-state index contributed by atoms with van der Waals surface area (Å²) >= 11 is 1.40. The summed E-state index contributed by atoms with van der Waals surface area (Å²) in [6.45, 7) is 3.80. The van der Waals surface area contributed by atoms with E-state index in [4.69, 9.17) is 0 Å². The summed E-state index contributed by atoms with van der Waals surface area (Å²) in [6.07, 6.45) is 0. The van der Waals surface area contributed by atoms with E-state index in [1.165, 1.54) is 35.6 Å². The number of anilines is 2. The minimum Gasteiger partial charge on any atom is -0.298 e. The first-order valence-corrected chi connectivity index (χ1v) is 11.5. The highest BCUT2D eigenvalue weighted by molar-refractivity contribution is 7.92. The zero-order valence-electron chi connectivity index (χ0n) is 16.3. The molecule has 0 radical (unpaired) electrons. The Hall–Kier alpha value is -3.23. The number of benzene rings is 3. The van der Waals surface area contributed by atoms with Gasteiger partial charge in [0.25, 0.3) is 15.9 Å². The van der Waals surface area contributed by atoms with E-state index in [-0.39, 0.29) is 10.8 Å². The van der Waals surface area contributed by atoms with Crippen molar-refractivity contribution >= 4 is 48.3 Å². The molecule has 0 spiro atoms. The molecule has 0 saturated heterocycles. The minimum absolute atomic E-state index is 0.0814. The van der Waals surface area contributed by atoms with Crippen molar-refractivity contribution in [2.75, 3.05) is 10.0 Å². The molecule has 0 aliphatic rings. The van der Waals surface area contributed by atoms with Crippen molar-refractivity contribution in [2.24, 2.45) is 0 Å². The van der Waals surface area contributed by atoms with Gasteiger partial charge in [-0.1, -0.05) is 41.7 Å². The van der Waals surface area contributed by atoms with Gasteiger partial charge in [-0.25, -0.2) is 13.4 Å². The largest absolute Gasteiger partial charge is 0.298 e. The molecule has 0 atom stereocenters. The van der Waals surface area contributed by atoms with Crippen LogP contribution in [-0.4, -0.2) is 19.3 Å². The van der Waals surface area contributed by atoms with Crippen molar-refractivity contribution in [3.63, 3.8) is 0 Å². The minimum atomic E-state index is -3.75. The van der Waals surface area contributed by atoms with Crippen molar-refractivity contribution in [2.45, 2.75) is 18.7 Å². The van der Waals surface area contributed by atoms with Crippen molar-refractivity contribution < 1.29 is 13.2 Å². The topological polar surface area (TPSA) is 88.2 Å². The zero-order chi connectivity index (χ0) is 21.3. The Morgan fingerprint density at radius 2 is 1.60 bits per heavy atom. The van der Waals surface area contributed by atoms with Gasteiger partial charge in [0, 0.05) is 5.56 Å². The molecule has 2 N–H and O–H groups in total. The van der Waals surface area contributed by atoms with Crippen LogP contribution in [0.1, 0.15) is 21.5 Å². The predicted molar refractivity (Wildman–Crippen MR) is 121 cm³/mol. The first kappa shape index (κ1) is 20.1. The smallest absolute Gasteiger partial charge is 0.261 e. The number of amides is 1. The number of aryl methyl sites for hydroxylation is 2. The molecule has 1 amide bonds. The standard InChI is InChI=1S/C22H19N3O3S2/c1-14-6-3-4-8-18(14)25-30(27,28)17-12-10-16(11-13-17)21(26)24-22-23-20-15(2)7-5-9-19(20)29-22/h3-13,25H,1-2H3,(H,23,24,26). The molecule has 152 valence electrons. The quantitative estimate of drug-likeness (QED) is 0.462. The van der Waals surface area contributed by atoms with Gasteiger partial charge in [-0.3, -0.25) is 14.8 Å². The maximum absolute atomic E-state index is 12.6. The average molecular weight is 438 g/mol. The number of para-hydroxylation sites is 2. The molecule has 4 rings (SSSR count). The van der Waals surface area contributed by atoms with Gasteiger partial charge >= 0.3 is 0 Å². The van der Waals surface area contributed by atoms with Crippen LogP contribution in [-0.2, 0) is 10.0 Å². The van der Waals surface area contributed by atoms with E-state index in [0.717, 1.165) is 21.3 Å². The highest BCUT2D eigenvalue weighted by Crippen LogP contribution is 2.28. The van der Waals surface area contributed by atoms with Crippen molar-refractivity contribution in [1.82, 2.24) is 4.98 Å². The Labute approximate surface area is 178 Å². The van der Waals surface area contributed by atoms with Crippen LogP contribution >= 0.6 is 11.3 Å². The van der Waals surface area contributed by atoms with Gasteiger partial charge in [0.15, 0.2) is 5.13 Å². The van der Waals surface area contributed by atoms with Crippen molar-refractivity contribution in [1.29, 1.82) is 0 Å². The van der Waals surface area contributed by atoms with Crippen molar-refractivity contribution in [3.05, 3.63) is 83.4 Å². The normalized spacial score (nSPS) is 11.4. The monoisotopic (exact) mass is 437 g/mol. The number of hydrogen-bond acceptors (Lipinski definition) is 5. The van der Waals surface area contributed by atoms with Gasteiger partial charge in [0.05, 0.1) is 20.8 Å². The lowest BCUT2D eigenvalue weighted by molar-refractivity contribution is 0.102. The first-order chi connectivity index (χ1) is 14.3. The summed E-state index contributed by atoms with van der Waals surface area (Å²) in [4.78, 5) is 17.1. The number of carbonyl (C=O) groups is 1. The molecule has 0 aliphatic heterocycles. The van der Waals surface area contributed by atoms with Gasteiger partial charge in [-0.2, -0.15) is 0 Å². The fraction of sp³-hybridized carbons (Fsp3) is 0.0909. The molecule has 4 aromatic rings. The molecular weight excluding hydrogens is 418 g/mol. The maximum atomic E-state index is 12.6. The Kier molecular flexibility index (Phi) is 5.27. The number of rotatable bonds is 5. The lowest BCUT2D eigenvalue weighted by Crippen LogP contribution is -2.15. The van der Waals surface area contributed by atoms with Gasteiger partial charge in [0.2, 0.25) is 0 Å². The Morgan fingerprint density at radius 1 is 0.900 bits per heavy atom. The second-order valence-corrected chi connectivity index (χ2v) is 9.55. The third-order valence-electron chi connectivity index (χ3n) is 4.66. The summed E-state index contributed by atoms with van der Waals surface area (Å²) < 4.78 is 28.8. The van der Waals surface area contributed by atoms with Gasteiger partial charge in [-0.15, -0.1) is 0 Å². The first-order valence-electron chi connectivity index (χ1n) is 9.19. The molecule has 0 aliphatic carbocycles. The lowest BCUT2D eigenvalue weighted by Gasteiger charge is -2.10. The fourth-order valence-electron chi connectivity index (χ4n) is 2.99. The number of fused-ring (bicyclic) bond motifs is 1. The Morgan fingerprint density at radius 3 is 2.30 bits per heavy atom. The van der Waals surface area contributed by atoms with Crippen LogP contribution in [0.4, 0.5) is 10.8 Å². The summed E-state index contributed by atoms with van der Waals surface area (Å²) in [5.41, 5.74) is 3.59. The molecule has 1 heterocycles. The molecular formula is C22H19N3O3S2. The number of aromatic nitrogens is 1. The molecule has 1 aromatic heterocycles. The number of hydrogen-bond donors (Lipinski definition) is 2. The second-order valence-electron chi connectivity index (χ2n) is 6.84. The molecule has 30 heavy (non-hydrogen) atoms. The zero-order valence-corrected chi connectivity index (χ0v) is 18.0. The van der Waals surface area contributed by atoms with E-state index in [2.05, 4.69) is 15.0 Å². The van der Waals surface area contributed by atoms with Crippen molar-refractivity contribution in [3.8, 4) is 0 Å². The van der Waals surface area contributed by atoms with Crippen LogP contribution in [0.3, 0.4) is 0 Å². The number of nitrogens with zero attached hydrogens (tertiary/aromatic N) is 1. The van der Waals surface area contributed by atoms with Gasteiger partial charge in [-0.05, 0) is 61.4 Å². The molecule has 0 saturated carbocycles. The molecule has 3 aromatic carbocycles. The highest BCUT2D eigenvalue weighted by atomic mass is 32.2. The number of carbonyl (C=O) groups excluding carboxylic acids is 1. The molecule has 0 unspecified atom stereocenters.